The number of aromatic nitrogens is 2. The lowest BCUT2D eigenvalue weighted by Gasteiger charge is -2.43. The summed E-state index contributed by atoms with van der Waals surface area (Å²) in [5.74, 6) is 1.78. The molecule has 1 aliphatic heterocycles. The molecule has 4 rings (SSSR count). The van der Waals surface area contributed by atoms with Crippen LogP contribution in [0, 0.1) is 0 Å². The van der Waals surface area contributed by atoms with Gasteiger partial charge in [-0.25, -0.2) is 9.78 Å². The molecule has 0 saturated carbocycles. The van der Waals surface area contributed by atoms with Gasteiger partial charge in [0.2, 0.25) is 11.9 Å². The maximum absolute atomic E-state index is 11.5. The molecule has 210 valence electrons. The number of nitrogens with zero attached hydrogens (tertiary/aromatic N) is 4. The van der Waals surface area contributed by atoms with Gasteiger partial charge in [0.05, 0.1) is 19.7 Å². The van der Waals surface area contributed by atoms with Crippen molar-refractivity contribution < 1.29 is 24.2 Å². The lowest BCUT2D eigenvalue weighted by Crippen LogP contribution is -2.49. The first-order chi connectivity index (χ1) is 18.6. The van der Waals surface area contributed by atoms with Crippen LogP contribution >= 0.6 is 0 Å². The van der Waals surface area contributed by atoms with Crippen LogP contribution in [0.15, 0.2) is 42.5 Å². The van der Waals surface area contributed by atoms with Gasteiger partial charge in [-0.1, -0.05) is 37.3 Å². The molecule has 3 aromatic rings. The Bertz CT molecular complexity index is 1280. The molecule has 1 saturated heterocycles. The van der Waals surface area contributed by atoms with Crippen LogP contribution in [-0.4, -0.2) is 72.9 Å². The van der Waals surface area contributed by atoms with Gasteiger partial charge in [-0.15, -0.1) is 0 Å². The Morgan fingerprint density at radius 1 is 1.08 bits per heavy atom. The van der Waals surface area contributed by atoms with Crippen LogP contribution in [0.3, 0.4) is 0 Å². The number of nitrogen functional groups attached to an aromatic ring is 1. The highest BCUT2D eigenvalue weighted by molar-refractivity contribution is 5.91. The average molecular weight is 539 g/mol. The highest BCUT2D eigenvalue weighted by Crippen LogP contribution is 2.38. The summed E-state index contributed by atoms with van der Waals surface area (Å²) >= 11 is 0. The number of amides is 2. The van der Waals surface area contributed by atoms with Gasteiger partial charge in [-0.3, -0.25) is 4.79 Å². The van der Waals surface area contributed by atoms with Crippen molar-refractivity contribution in [2.75, 3.05) is 51.5 Å². The standard InChI is InChI=1S/C24H29N5O4.C4H9NO/c1-28(22-26-18-14-20(33-3)19(32-2)13-17(18)21(25)27-22)15-24(16-7-5-4-6-8-16)9-11-29(12-10-24)23(30)31;1-2-3-4(5)6/h4-8,13-14H,9-12,15H2,1-3H3,(H,30,31)(H2,25,26,27);2-3H2,1H3,(H2,5,6). The van der Waals surface area contributed by atoms with Gasteiger partial charge in [0.25, 0.3) is 0 Å². The molecule has 11 nitrogen and oxygen atoms in total. The second kappa shape index (κ2) is 13.0. The largest absolute Gasteiger partial charge is 0.493 e. The Hall–Kier alpha value is -4.28. The van der Waals surface area contributed by atoms with Gasteiger partial charge in [-0.2, -0.15) is 4.98 Å². The molecule has 39 heavy (non-hydrogen) atoms. The third-order valence-corrected chi connectivity index (χ3v) is 6.97. The topological polar surface area (TPSA) is 157 Å². The molecule has 0 bridgehead atoms. The number of fused-ring (bicyclic) bond motifs is 1. The summed E-state index contributed by atoms with van der Waals surface area (Å²) in [6.45, 7) is 3.51. The third kappa shape index (κ3) is 6.98. The second-order valence-corrected chi connectivity index (χ2v) is 9.62. The first-order valence-corrected chi connectivity index (χ1v) is 12.9. The first-order valence-electron chi connectivity index (χ1n) is 12.9. The molecule has 0 atom stereocenters. The summed E-state index contributed by atoms with van der Waals surface area (Å²) in [6.07, 6.45) is 1.92. The van der Waals surface area contributed by atoms with E-state index in [9.17, 15) is 14.7 Å². The molecule has 2 amide bonds. The van der Waals surface area contributed by atoms with Crippen LogP contribution in [0.1, 0.15) is 38.2 Å². The number of carbonyl (C=O) groups is 2. The second-order valence-electron chi connectivity index (χ2n) is 9.62. The fourth-order valence-electron chi connectivity index (χ4n) is 4.86. The number of hydrogen-bond acceptors (Lipinski definition) is 8. The number of hydrogen-bond donors (Lipinski definition) is 3. The number of nitrogens with two attached hydrogens (primary N) is 2. The van der Waals surface area contributed by atoms with Crippen LogP contribution in [-0.2, 0) is 10.2 Å². The van der Waals surface area contributed by atoms with E-state index in [0.29, 0.717) is 73.1 Å². The summed E-state index contributed by atoms with van der Waals surface area (Å²) in [6, 6.07) is 13.8. The minimum Gasteiger partial charge on any atom is -0.493 e. The van der Waals surface area contributed by atoms with Crippen molar-refractivity contribution in [3.8, 4) is 11.5 Å². The van der Waals surface area contributed by atoms with Crippen molar-refractivity contribution in [3.63, 3.8) is 0 Å². The zero-order valence-electron chi connectivity index (χ0n) is 23.0. The SMILES string of the molecule is CCCC(N)=O.COc1cc2nc(N(C)CC3(c4ccccc4)CCN(C(=O)O)CC3)nc(N)c2cc1OC. The van der Waals surface area contributed by atoms with Gasteiger partial charge >= 0.3 is 6.09 Å². The number of carboxylic acid groups (broad SMARTS) is 1. The molecule has 5 N–H and O–H groups in total. The zero-order valence-corrected chi connectivity index (χ0v) is 23.0. The number of anilines is 2. The summed E-state index contributed by atoms with van der Waals surface area (Å²) in [5.41, 5.74) is 12.7. The van der Waals surface area contributed by atoms with Gasteiger partial charge in [-0.05, 0) is 30.9 Å². The van der Waals surface area contributed by atoms with Crippen molar-refractivity contribution in [2.45, 2.75) is 38.0 Å². The van der Waals surface area contributed by atoms with Crippen molar-refractivity contribution in [2.24, 2.45) is 5.73 Å². The van der Waals surface area contributed by atoms with E-state index < -0.39 is 6.09 Å². The number of benzene rings is 2. The van der Waals surface area contributed by atoms with Crippen LogP contribution in [0.4, 0.5) is 16.6 Å². The van der Waals surface area contributed by atoms with Gasteiger partial charge in [0.1, 0.15) is 5.82 Å². The van der Waals surface area contributed by atoms with E-state index in [1.165, 1.54) is 10.5 Å². The zero-order chi connectivity index (χ0) is 28.6. The smallest absolute Gasteiger partial charge is 0.407 e. The quantitative estimate of drug-likeness (QED) is 0.389. The van der Waals surface area contributed by atoms with Crippen molar-refractivity contribution in [1.82, 2.24) is 14.9 Å². The number of ether oxygens (including phenoxy) is 2. The summed E-state index contributed by atoms with van der Waals surface area (Å²) < 4.78 is 10.8. The van der Waals surface area contributed by atoms with Gasteiger partial charge in [0, 0.05) is 50.0 Å². The molecular formula is C28H38N6O5. The molecular weight excluding hydrogens is 500 g/mol. The van der Waals surface area contributed by atoms with Crippen molar-refractivity contribution in [3.05, 3.63) is 48.0 Å². The summed E-state index contributed by atoms with van der Waals surface area (Å²) in [5, 5.41) is 10.1. The highest BCUT2D eigenvalue weighted by Gasteiger charge is 2.39. The number of methoxy groups -OCH3 is 2. The van der Waals surface area contributed by atoms with Crippen molar-refractivity contribution in [1.29, 1.82) is 0 Å². The van der Waals surface area contributed by atoms with E-state index in [-0.39, 0.29) is 11.3 Å². The number of likely N-dealkylation sites (N-methyl/N-ethyl adjacent to an activating group) is 1. The lowest BCUT2D eigenvalue weighted by atomic mass is 9.72. The number of carbonyl (C=O) groups excluding carboxylic acids is 1. The molecule has 0 unspecified atom stereocenters. The normalized spacial score (nSPS) is 14.2. The van der Waals surface area contributed by atoms with Gasteiger partial charge in [0.15, 0.2) is 11.5 Å². The van der Waals surface area contributed by atoms with E-state index in [1.807, 2.05) is 37.1 Å². The van der Waals surface area contributed by atoms with Crippen LogP contribution in [0.5, 0.6) is 11.5 Å². The minimum absolute atomic E-state index is 0.211. The predicted molar refractivity (Wildman–Crippen MR) is 151 cm³/mol. The summed E-state index contributed by atoms with van der Waals surface area (Å²) in [7, 11) is 5.09. The third-order valence-electron chi connectivity index (χ3n) is 6.97. The Balaban J connectivity index is 0.000000631. The Kier molecular flexibility index (Phi) is 9.75. The van der Waals surface area contributed by atoms with E-state index in [2.05, 4.69) is 17.1 Å². The van der Waals surface area contributed by atoms with Crippen LogP contribution in [0.2, 0.25) is 0 Å². The molecule has 1 aliphatic rings. The highest BCUT2D eigenvalue weighted by atomic mass is 16.5. The number of piperidine rings is 1. The van der Waals surface area contributed by atoms with E-state index in [1.54, 1.807) is 26.4 Å². The number of rotatable bonds is 8. The Morgan fingerprint density at radius 2 is 1.69 bits per heavy atom. The van der Waals surface area contributed by atoms with E-state index in [0.717, 1.165) is 6.42 Å². The average Bonchev–Trinajstić information content (AvgIpc) is 2.93. The maximum Gasteiger partial charge on any atom is 0.407 e. The monoisotopic (exact) mass is 538 g/mol. The van der Waals surface area contributed by atoms with E-state index in [4.69, 9.17) is 25.9 Å². The molecule has 0 aliphatic carbocycles. The van der Waals surface area contributed by atoms with Crippen LogP contribution < -0.4 is 25.8 Å². The lowest BCUT2D eigenvalue weighted by molar-refractivity contribution is -0.118. The molecule has 2 heterocycles. The molecule has 2 aromatic carbocycles. The fraction of sp³-hybridized carbons (Fsp3) is 0.429. The number of primary amides is 1. The molecule has 11 heteroatoms. The molecule has 0 radical (unpaired) electrons. The Morgan fingerprint density at radius 3 is 2.21 bits per heavy atom. The summed E-state index contributed by atoms with van der Waals surface area (Å²) in [4.78, 5) is 34.1. The predicted octanol–water partition coefficient (Wildman–Crippen LogP) is 3.65. The molecule has 1 fully saturated rings. The van der Waals surface area contributed by atoms with E-state index >= 15 is 0 Å². The maximum atomic E-state index is 11.5. The Labute approximate surface area is 228 Å². The minimum atomic E-state index is -0.875. The fourth-order valence-corrected chi connectivity index (χ4v) is 4.86. The van der Waals surface area contributed by atoms with Crippen LogP contribution in [0.25, 0.3) is 10.9 Å². The first kappa shape index (κ1) is 29.3. The molecule has 0 spiro atoms. The molecule has 1 aromatic heterocycles. The van der Waals surface area contributed by atoms with Gasteiger partial charge < -0.3 is 35.8 Å². The number of likely N-dealkylation sites (tertiary alicyclic amines) is 1. The van der Waals surface area contributed by atoms with Crippen molar-refractivity contribution >= 4 is 34.7 Å².